The lowest BCUT2D eigenvalue weighted by Crippen LogP contribution is -2.18. The molecule has 1 atom stereocenters. The quantitative estimate of drug-likeness (QED) is 0.752. The Labute approximate surface area is 158 Å². The van der Waals surface area contributed by atoms with Crippen LogP contribution in [0.4, 0.5) is 5.00 Å². The van der Waals surface area contributed by atoms with E-state index in [-0.39, 0.29) is 17.8 Å². The van der Waals surface area contributed by atoms with Gasteiger partial charge in [0, 0.05) is 11.5 Å². The predicted octanol–water partition coefficient (Wildman–Crippen LogP) is 2.00. The zero-order chi connectivity index (χ0) is 17.9. The van der Waals surface area contributed by atoms with Gasteiger partial charge in [-0.05, 0) is 48.1 Å². The first kappa shape index (κ1) is 17.5. The number of thioether (sulfide) groups is 1. The fourth-order valence-electron chi connectivity index (χ4n) is 3.30. The molecule has 2 aromatic heterocycles. The minimum atomic E-state index is -0.155. The third-order valence-electron chi connectivity index (χ3n) is 4.52. The summed E-state index contributed by atoms with van der Waals surface area (Å²) in [6.45, 7) is 1.39. The highest BCUT2D eigenvalue weighted by Crippen LogP contribution is 2.38. The molecule has 0 spiro atoms. The van der Waals surface area contributed by atoms with Crippen molar-refractivity contribution in [2.45, 2.75) is 49.9 Å². The molecule has 136 valence electrons. The van der Waals surface area contributed by atoms with Crippen molar-refractivity contribution in [2.24, 2.45) is 0 Å². The van der Waals surface area contributed by atoms with E-state index >= 15 is 0 Å². The third-order valence-corrected chi connectivity index (χ3v) is 6.68. The summed E-state index contributed by atoms with van der Waals surface area (Å²) in [5.74, 6) is 0.0392. The predicted molar refractivity (Wildman–Crippen MR) is 97.2 cm³/mol. The Morgan fingerprint density at radius 3 is 3.19 bits per heavy atom. The van der Waals surface area contributed by atoms with E-state index in [0.29, 0.717) is 22.3 Å². The Balaban J connectivity index is 1.35. The van der Waals surface area contributed by atoms with Crippen LogP contribution in [-0.2, 0) is 28.9 Å². The van der Waals surface area contributed by atoms with Crippen LogP contribution in [0.2, 0.25) is 0 Å². The molecular weight excluding hydrogens is 372 g/mol. The highest BCUT2D eigenvalue weighted by Gasteiger charge is 2.23. The Hall–Kier alpha value is -1.96. The third kappa shape index (κ3) is 3.60. The molecular formula is C16H18N6O2S2. The van der Waals surface area contributed by atoms with Crippen LogP contribution in [0, 0.1) is 11.3 Å². The number of anilines is 1. The molecule has 0 bridgehead atoms. The van der Waals surface area contributed by atoms with E-state index in [1.54, 1.807) is 4.68 Å². The number of aryl methyl sites for hydroxylation is 1. The van der Waals surface area contributed by atoms with Gasteiger partial charge in [0.15, 0.2) is 0 Å². The standard InChI is InChI=1S/C16H18N6O2S2/c17-7-12-11-4-1-5-13(11)26-15(12)18-14(23)9-25-16-19-20-21-22(16)8-10-3-2-6-24-10/h10H,1-6,8-9H2,(H,18,23)/t10-/m0/s1. The molecule has 1 fully saturated rings. The summed E-state index contributed by atoms with van der Waals surface area (Å²) in [7, 11) is 0. The number of rotatable bonds is 6. The molecule has 1 aliphatic carbocycles. The Kier molecular flexibility index (Phi) is 5.19. The Bertz CT molecular complexity index is 850. The summed E-state index contributed by atoms with van der Waals surface area (Å²) in [6, 6.07) is 2.24. The van der Waals surface area contributed by atoms with Crippen molar-refractivity contribution in [3.05, 3.63) is 16.0 Å². The van der Waals surface area contributed by atoms with Crippen molar-refractivity contribution >= 4 is 34.0 Å². The maximum absolute atomic E-state index is 12.3. The van der Waals surface area contributed by atoms with Crippen molar-refractivity contribution in [2.75, 3.05) is 17.7 Å². The first-order chi connectivity index (χ1) is 12.7. The van der Waals surface area contributed by atoms with Crippen molar-refractivity contribution in [3.63, 3.8) is 0 Å². The second-order valence-corrected chi connectivity index (χ2v) is 8.34. The number of ether oxygens (including phenoxy) is 1. The van der Waals surface area contributed by atoms with Gasteiger partial charge in [0.1, 0.15) is 11.1 Å². The average molecular weight is 390 g/mol. The van der Waals surface area contributed by atoms with Crippen LogP contribution >= 0.6 is 23.1 Å². The number of nitrogens with one attached hydrogen (secondary N) is 1. The number of tetrazole rings is 1. The number of thiophene rings is 1. The topological polar surface area (TPSA) is 106 Å². The SMILES string of the molecule is N#Cc1c(NC(=O)CSc2nnnn2C[C@@H]2CCCO2)sc2c1CCC2. The number of fused-ring (bicyclic) bond motifs is 1. The van der Waals surface area contributed by atoms with Crippen molar-refractivity contribution in [1.82, 2.24) is 20.2 Å². The van der Waals surface area contributed by atoms with Crippen LogP contribution in [0.15, 0.2) is 5.16 Å². The van der Waals surface area contributed by atoms with Crippen LogP contribution in [0.3, 0.4) is 0 Å². The minimum absolute atomic E-state index is 0.137. The van der Waals surface area contributed by atoms with Crippen LogP contribution in [-0.4, -0.2) is 44.6 Å². The molecule has 8 nitrogen and oxygen atoms in total. The van der Waals surface area contributed by atoms with E-state index in [2.05, 4.69) is 26.9 Å². The van der Waals surface area contributed by atoms with Crippen LogP contribution in [0.1, 0.15) is 35.3 Å². The molecule has 3 heterocycles. The largest absolute Gasteiger partial charge is 0.376 e. The zero-order valence-electron chi connectivity index (χ0n) is 14.1. The maximum Gasteiger partial charge on any atom is 0.235 e. The second-order valence-electron chi connectivity index (χ2n) is 6.29. The van der Waals surface area contributed by atoms with Crippen molar-refractivity contribution in [3.8, 4) is 6.07 Å². The zero-order valence-corrected chi connectivity index (χ0v) is 15.7. The van der Waals surface area contributed by atoms with Crippen LogP contribution < -0.4 is 5.32 Å². The summed E-state index contributed by atoms with van der Waals surface area (Å²) in [4.78, 5) is 13.5. The molecule has 0 unspecified atom stereocenters. The summed E-state index contributed by atoms with van der Waals surface area (Å²) in [5.41, 5.74) is 1.74. The molecule has 26 heavy (non-hydrogen) atoms. The molecule has 0 aromatic carbocycles. The first-order valence-electron chi connectivity index (χ1n) is 8.59. The number of nitrogens with zero attached hydrogens (tertiary/aromatic N) is 5. The number of hydrogen-bond acceptors (Lipinski definition) is 8. The monoisotopic (exact) mass is 390 g/mol. The van der Waals surface area contributed by atoms with E-state index in [4.69, 9.17) is 4.74 Å². The van der Waals surface area contributed by atoms with E-state index in [1.807, 2.05) is 0 Å². The average Bonchev–Trinajstić information content (AvgIpc) is 3.38. The normalized spacial score (nSPS) is 18.7. The molecule has 10 heteroatoms. The van der Waals surface area contributed by atoms with Crippen molar-refractivity contribution in [1.29, 1.82) is 5.26 Å². The van der Waals surface area contributed by atoms with Gasteiger partial charge in [-0.1, -0.05) is 11.8 Å². The number of aromatic nitrogens is 4. The maximum atomic E-state index is 12.3. The van der Waals surface area contributed by atoms with Crippen LogP contribution in [0.5, 0.6) is 0 Å². The molecule has 1 N–H and O–H groups in total. The van der Waals surface area contributed by atoms with E-state index < -0.39 is 0 Å². The summed E-state index contributed by atoms with van der Waals surface area (Å²) in [6.07, 6.45) is 5.22. The van der Waals surface area contributed by atoms with Gasteiger partial charge in [-0.3, -0.25) is 4.79 Å². The number of carbonyl (C=O) groups is 1. The molecule has 4 rings (SSSR count). The highest BCUT2D eigenvalue weighted by atomic mass is 32.2. The summed E-state index contributed by atoms with van der Waals surface area (Å²) in [5, 5.41) is 25.2. The fraction of sp³-hybridized carbons (Fsp3) is 0.562. The lowest BCUT2D eigenvalue weighted by molar-refractivity contribution is -0.113. The molecule has 1 saturated heterocycles. The van der Waals surface area contributed by atoms with Gasteiger partial charge in [0.05, 0.1) is 24.0 Å². The first-order valence-corrected chi connectivity index (χ1v) is 10.4. The summed E-state index contributed by atoms with van der Waals surface area (Å²) >= 11 is 2.81. The smallest absolute Gasteiger partial charge is 0.235 e. The minimum Gasteiger partial charge on any atom is -0.376 e. The number of hydrogen-bond donors (Lipinski definition) is 1. The van der Waals surface area contributed by atoms with Crippen LogP contribution in [0.25, 0.3) is 0 Å². The van der Waals surface area contributed by atoms with Gasteiger partial charge in [-0.2, -0.15) is 5.26 Å². The molecule has 1 aliphatic heterocycles. The number of carbonyl (C=O) groups excluding carboxylic acids is 1. The van der Waals surface area contributed by atoms with Gasteiger partial charge in [0.2, 0.25) is 11.1 Å². The lowest BCUT2D eigenvalue weighted by atomic mass is 10.1. The Morgan fingerprint density at radius 1 is 1.46 bits per heavy atom. The molecule has 0 saturated carbocycles. The molecule has 1 amide bonds. The molecule has 2 aromatic rings. The molecule has 0 radical (unpaired) electrons. The lowest BCUT2D eigenvalue weighted by Gasteiger charge is -2.10. The second kappa shape index (κ2) is 7.73. The number of amides is 1. The van der Waals surface area contributed by atoms with Gasteiger partial charge in [-0.25, -0.2) is 4.68 Å². The van der Waals surface area contributed by atoms with Gasteiger partial charge < -0.3 is 10.1 Å². The molecule has 2 aliphatic rings. The fourth-order valence-corrected chi connectivity index (χ4v) is 5.24. The summed E-state index contributed by atoms with van der Waals surface area (Å²) < 4.78 is 7.30. The van der Waals surface area contributed by atoms with Gasteiger partial charge in [0.25, 0.3) is 0 Å². The number of nitriles is 1. The van der Waals surface area contributed by atoms with E-state index in [0.717, 1.165) is 44.3 Å². The Morgan fingerprint density at radius 2 is 2.38 bits per heavy atom. The highest BCUT2D eigenvalue weighted by molar-refractivity contribution is 7.99. The van der Waals surface area contributed by atoms with Gasteiger partial charge >= 0.3 is 0 Å². The van der Waals surface area contributed by atoms with E-state index in [9.17, 15) is 10.1 Å². The van der Waals surface area contributed by atoms with Gasteiger partial charge in [-0.15, -0.1) is 16.4 Å². The van der Waals surface area contributed by atoms with Crippen molar-refractivity contribution < 1.29 is 9.53 Å². The van der Waals surface area contributed by atoms with E-state index in [1.165, 1.54) is 28.0 Å².